The topological polar surface area (TPSA) is 82.8 Å². The number of rotatable bonds is 7. The lowest BCUT2D eigenvalue weighted by Crippen LogP contribution is -2.07. The molecule has 3 heterocycles. The quantitative estimate of drug-likeness (QED) is 0.294. The summed E-state index contributed by atoms with van der Waals surface area (Å²) >= 11 is 3.23. The molecule has 26 heavy (non-hydrogen) atoms. The second kappa shape index (κ2) is 7.76. The Balaban J connectivity index is 1.31. The number of aromatic nitrogens is 4. The Kier molecular flexibility index (Phi) is 5.03. The van der Waals surface area contributed by atoms with Crippen molar-refractivity contribution in [1.82, 2.24) is 19.8 Å². The van der Waals surface area contributed by atoms with Crippen LogP contribution in [0.1, 0.15) is 12.3 Å². The first-order chi connectivity index (χ1) is 12.8. The number of hydrogen-bond acceptors (Lipinski definition) is 7. The molecule has 4 rings (SSSR count). The summed E-state index contributed by atoms with van der Waals surface area (Å²) in [5, 5.41) is 6.83. The summed E-state index contributed by atoms with van der Waals surface area (Å²) in [6.45, 7) is 0. The van der Waals surface area contributed by atoms with Gasteiger partial charge in [0.05, 0.1) is 16.8 Å². The number of thioether (sulfide) groups is 1. The van der Waals surface area contributed by atoms with Crippen molar-refractivity contribution in [3.63, 3.8) is 0 Å². The lowest BCUT2D eigenvalue weighted by molar-refractivity contribution is 0.378. The van der Waals surface area contributed by atoms with Gasteiger partial charge in [0.15, 0.2) is 5.16 Å². The van der Waals surface area contributed by atoms with Crippen molar-refractivity contribution in [2.24, 2.45) is 0 Å². The van der Waals surface area contributed by atoms with E-state index in [9.17, 15) is 0 Å². The van der Waals surface area contributed by atoms with E-state index in [1.807, 2.05) is 54.0 Å². The molecule has 3 aromatic heterocycles. The first-order valence-electron chi connectivity index (χ1n) is 8.19. The van der Waals surface area contributed by atoms with E-state index < -0.39 is 0 Å². The molecule has 1 aromatic carbocycles. The zero-order valence-electron chi connectivity index (χ0n) is 13.9. The number of nitrogens with two attached hydrogens (primary N) is 1. The fourth-order valence-corrected chi connectivity index (χ4v) is 3.97. The summed E-state index contributed by atoms with van der Waals surface area (Å²) in [7, 11) is 0. The monoisotopic (exact) mass is 383 g/mol. The number of thiophene rings is 1. The number of nitrogen functional groups attached to an aromatic ring is 1. The normalized spacial score (nSPS) is 11.1. The minimum Gasteiger partial charge on any atom is -0.339 e. The molecule has 132 valence electrons. The van der Waals surface area contributed by atoms with Crippen LogP contribution in [0.5, 0.6) is 0 Å². The third-order valence-corrected chi connectivity index (χ3v) is 5.66. The van der Waals surface area contributed by atoms with Gasteiger partial charge in [0.2, 0.25) is 11.7 Å². The molecule has 6 nitrogen and oxygen atoms in total. The summed E-state index contributed by atoms with van der Waals surface area (Å²) in [5.41, 5.74) is 1.94. The van der Waals surface area contributed by atoms with E-state index in [-0.39, 0.29) is 0 Å². The first kappa shape index (κ1) is 16.9. The van der Waals surface area contributed by atoms with E-state index >= 15 is 0 Å². The second-order valence-corrected chi connectivity index (χ2v) is 7.63. The van der Waals surface area contributed by atoms with Crippen LogP contribution in [-0.2, 0) is 6.42 Å². The van der Waals surface area contributed by atoms with Crippen LogP contribution in [0.2, 0.25) is 0 Å². The van der Waals surface area contributed by atoms with Crippen molar-refractivity contribution in [2.45, 2.75) is 18.0 Å². The molecule has 0 aliphatic rings. The Morgan fingerprint density at radius 3 is 2.81 bits per heavy atom. The Bertz CT molecular complexity index is 963. The van der Waals surface area contributed by atoms with Gasteiger partial charge in [-0.2, -0.15) is 4.98 Å². The molecule has 0 saturated carbocycles. The number of nitrogens with zero attached hydrogens (tertiary/aromatic N) is 4. The molecule has 0 saturated heterocycles. The minimum absolute atomic E-state index is 0.660. The lowest BCUT2D eigenvalue weighted by atomic mass is 10.2. The van der Waals surface area contributed by atoms with Crippen molar-refractivity contribution in [1.29, 1.82) is 0 Å². The predicted molar refractivity (Wildman–Crippen MR) is 104 cm³/mol. The van der Waals surface area contributed by atoms with Crippen LogP contribution in [0.25, 0.3) is 22.0 Å². The molecule has 0 radical (unpaired) electrons. The Hall–Kier alpha value is -2.58. The third-order valence-electron chi connectivity index (χ3n) is 3.74. The Morgan fingerprint density at radius 1 is 1.12 bits per heavy atom. The number of imidazole rings is 1. The number of benzene rings is 1. The molecule has 0 fully saturated rings. The molecule has 0 amide bonds. The van der Waals surface area contributed by atoms with Crippen molar-refractivity contribution in [3.05, 3.63) is 59.9 Å². The van der Waals surface area contributed by atoms with Crippen molar-refractivity contribution in [3.8, 4) is 22.0 Å². The van der Waals surface area contributed by atoms with Gasteiger partial charge in [0.1, 0.15) is 0 Å². The van der Waals surface area contributed by atoms with Crippen LogP contribution in [0.15, 0.2) is 63.7 Å². The molecule has 0 unspecified atom stereocenters. The van der Waals surface area contributed by atoms with Gasteiger partial charge in [-0.05, 0) is 17.9 Å². The molecule has 4 aromatic rings. The maximum Gasteiger partial charge on any atom is 0.227 e. The van der Waals surface area contributed by atoms with Crippen molar-refractivity contribution < 1.29 is 4.52 Å². The van der Waals surface area contributed by atoms with Gasteiger partial charge < -0.3 is 10.4 Å². The molecule has 0 aliphatic heterocycles. The summed E-state index contributed by atoms with van der Waals surface area (Å²) in [6, 6.07) is 14.0. The Morgan fingerprint density at radius 2 is 2.00 bits per heavy atom. The molecule has 0 spiro atoms. The lowest BCUT2D eigenvalue weighted by Gasteiger charge is -1.99. The molecule has 0 atom stereocenters. The van der Waals surface area contributed by atoms with Gasteiger partial charge in [0.25, 0.3) is 0 Å². The summed E-state index contributed by atoms with van der Waals surface area (Å²) in [5.74, 6) is 8.22. The number of aryl methyl sites for hydroxylation is 1. The Labute approximate surface area is 159 Å². The highest BCUT2D eigenvalue weighted by atomic mass is 32.2. The predicted octanol–water partition coefficient (Wildman–Crippen LogP) is 4.10. The highest BCUT2D eigenvalue weighted by molar-refractivity contribution is 7.99. The summed E-state index contributed by atoms with van der Waals surface area (Å²) < 4.78 is 6.90. The highest BCUT2D eigenvalue weighted by Crippen LogP contribution is 2.24. The standard InChI is InChI=1S/C18H17N5OS2/c19-23-12-14(13-6-2-1-3-7-13)20-18(23)26-11-5-9-16-21-17(22-24-16)15-8-4-10-25-15/h1-4,6-8,10,12H,5,9,11,19H2. The van der Waals surface area contributed by atoms with Crippen LogP contribution in [0.4, 0.5) is 0 Å². The third kappa shape index (κ3) is 3.81. The van der Waals surface area contributed by atoms with Crippen LogP contribution in [0.3, 0.4) is 0 Å². The fraction of sp³-hybridized carbons (Fsp3) is 0.167. The smallest absolute Gasteiger partial charge is 0.227 e. The second-order valence-electron chi connectivity index (χ2n) is 5.62. The van der Waals surface area contributed by atoms with Gasteiger partial charge in [-0.25, -0.2) is 9.66 Å². The summed E-state index contributed by atoms with van der Waals surface area (Å²) in [4.78, 5) is 10.1. The zero-order chi connectivity index (χ0) is 17.8. The van der Waals surface area contributed by atoms with E-state index in [4.69, 9.17) is 10.4 Å². The molecule has 0 aliphatic carbocycles. The average Bonchev–Trinajstić information content (AvgIpc) is 3.41. The zero-order valence-corrected chi connectivity index (χ0v) is 15.5. The van der Waals surface area contributed by atoms with E-state index in [2.05, 4.69) is 15.1 Å². The molecule has 0 bridgehead atoms. The fourth-order valence-electron chi connectivity index (χ4n) is 2.48. The molecule has 2 N–H and O–H groups in total. The van der Waals surface area contributed by atoms with Gasteiger partial charge in [-0.15, -0.1) is 11.3 Å². The van der Waals surface area contributed by atoms with Crippen molar-refractivity contribution in [2.75, 3.05) is 11.6 Å². The SMILES string of the molecule is Nn1cc(-c2ccccc2)nc1SCCCc1nc(-c2cccs2)no1. The van der Waals surface area contributed by atoms with E-state index in [1.165, 1.54) is 0 Å². The van der Waals surface area contributed by atoms with Crippen molar-refractivity contribution >= 4 is 23.1 Å². The number of hydrogen-bond donors (Lipinski definition) is 1. The van der Waals surface area contributed by atoms with Gasteiger partial charge >= 0.3 is 0 Å². The van der Waals surface area contributed by atoms with E-state index in [1.54, 1.807) is 27.8 Å². The van der Waals surface area contributed by atoms with Gasteiger partial charge in [0, 0.05) is 17.7 Å². The summed E-state index contributed by atoms with van der Waals surface area (Å²) in [6.07, 6.45) is 3.50. The van der Waals surface area contributed by atoms with Crippen LogP contribution >= 0.6 is 23.1 Å². The van der Waals surface area contributed by atoms with Gasteiger partial charge in [-0.3, -0.25) is 0 Å². The maximum absolute atomic E-state index is 6.02. The highest BCUT2D eigenvalue weighted by Gasteiger charge is 2.11. The largest absolute Gasteiger partial charge is 0.339 e. The van der Waals surface area contributed by atoms with Crippen LogP contribution in [-0.4, -0.2) is 25.6 Å². The van der Waals surface area contributed by atoms with Gasteiger partial charge in [-0.1, -0.05) is 53.3 Å². The van der Waals surface area contributed by atoms with Crippen LogP contribution < -0.4 is 5.84 Å². The van der Waals surface area contributed by atoms with E-state index in [0.29, 0.717) is 11.7 Å². The molecular weight excluding hydrogens is 366 g/mol. The average molecular weight is 384 g/mol. The van der Waals surface area contributed by atoms with E-state index in [0.717, 1.165) is 39.9 Å². The van der Waals surface area contributed by atoms with Crippen LogP contribution in [0, 0.1) is 0 Å². The molecule has 8 heteroatoms. The minimum atomic E-state index is 0.660. The molecular formula is C18H17N5OS2. The first-order valence-corrected chi connectivity index (χ1v) is 10.1. The maximum atomic E-state index is 6.02.